The lowest BCUT2D eigenvalue weighted by molar-refractivity contribution is 1.23. The van der Waals surface area contributed by atoms with Crippen LogP contribution in [0.4, 0.5) is 0 Å². The van der Waals surface area contributed by atoms with Crippen LogP contribution in [0.3, 0.4) is 0 Å². The topological polar surface area (TPSA) is 0 Å². The van der Waals surface area contributed by atoms with Crippen molar-refractivity contribution in [3.8, 4) is 0 Å². The maximum atomic E-state index is 3.41. The molecule has 14 heavy (non-hydrogen) atoms. The summed E-state index contributed by atoms with van der Waals surface area (Å²) in [6.45, 7) is 8.73. The van der Waals surface area contributed by atoms with Crippen molar-refractivity contribution < 1.29 is 0 Å². The molecule has 0 aliphatic heterocycles. The number of halogens is 1. The smallest absolute Gasteiger partial charge is 0.0215 e. The van der Waals surface area contributed by atoms with E-state index in [0.717, 1.165) is 5.33 Å². The zero-order valence-corrected chi connectivity index (χ0v) is 10.9. The molecule has 76 valence electrons. The summed E-state index contributed by atoms with van der Waals surface area (Å²) in [4.78, 5) is 0. The van der Waals surface area contributed by atoms with Crippen molar-refractivity contribution in [3.05, 3.63) is 40.0 Å². The van der Waals surface area contributed by atoms with Gasteiger partial charge in [-0.1, -0.05) is 34.1 Å². The molecule has 0 aliphatic rings. The van der Waals surface area contributed by atoms with Crippen molar-refractivity contribution in [1.29, 1.82) is 0 Å². The fourth-order valence-electron chi connectivity index (χ4n) is 1.66. The van der Waals surface area contributed by atoms with Gasteiger partial charge in [-0.15, -0.1) is 0 Å². The molecule has 0 saturated heterocycles. The average molecular weight is 253 g/mol. The highest BCUT2D eigenvalue weighted by atomic mass is 79.9. The summed E-state index contributed by atoms with van der Waals surface area (Å²) >= 11 is 3.41. The minimum atomic E-state index is 0.916. The lowest BCUT2D eigenvalue weighted by Crippen LogP contribution is -1.94. The van der Waals surface area contributed by atoms with Gasteiger partial charge < -0.3 is 0 Å². The third-order valence-electron chi connectivity index (χ3n) is 2.80. The summed E-state index contributed by atoms with van der Waals surface area (Å²) < 4.78 is 0. The Hall–Kier alpha value is -0.560. The Morgan fingerprint density at radius 3 is 2.00 bits per heavy atom. The van der Waals surface area contributed by atoms with Crippen LogP contribution in [-0.2, 0) is 0 Å². The van der Waals surface area contributed by atoms with Crippen LogP contribution in [0.1, 0.15) is 27.8 Å². The highest BCUT2D eigenvalue weighted by Gasteiger charge is 2.04. The van der Waals surface area contributed by atoms with Crippen LogP contribution in [0.15, 0.2) is 12.1 Å². The number of aryl methyl sites for hydroxylation is 2. The van der Waals surface area contributed by atoms with E-state index in [2.05, 4.69) is 61.8 Å². The SMILES string of the molecule is Cc1cc(C)c(C)c(C=CCBr)c1C. The van der Waals surface area contributed by atoms with Gasteiger partial charge in [0.25, 0.3) is 0 Å². The monoisotopic (exact) mass is 252 g/mol. The van der Waals surface area contributed by atoms with Crippen LogP contribution in [0.5, 0.6) is 0 Å². The molecule has 1 heteroatoms. The zero-order valence-electron chi connectivity index (χ0n) is 9.32. The summed E-state index contributed by atoms with van der Waals surface area (Å²) in [6, 6.07) is 2.26. The van der Waals surface area contributed by atoms with Gasteiger partial charge in [-0.3, -0.25) is 0 Å². The fourth-order valence-corrected chi connectivity index (χ4v) is 1.85. The van der Waals surface area contributed by atoms with Gasteiger partial charge in [-0.2, -0.15) is 0 Å². The van der Waals surface area contributed by atoms with Gasteiger partial charge >= 0.3 is 0 Å². The van der Waals surface area contributed by atoms with E-state index in [1.807, 2.05) is 0 Å². The van der Waals surface area contributed by atoms with E-state index in [4.69, 9.17) is 0 Å². The largest absolute Gasteiger partial charge is 0.0883 e. The molecule has 0 saturated carbocycles. The third-order valence-corrected chi connectivity index (χ3v) is 3.17. The molecule has 0 radical (unpaired) electrons. The molecule has 0 spiro atoms. The quantitative estimate of drug-likeness (QED) is 0.688. The molecule has 0 aliphatic carbocycles. The van der Waals surface area contributed by atoms with Crippen molar-refractivity contribution in [1.82, 2.24) is 0 Å². The van der Waals surface area contributed by atoms with Crippen LogP contribution in [0.25, 0.3) is 6.08 Å². The lowest BCUT2D eigenvalue weighted by atomic mass is 9.94. The molecule has 0 bridgehead atoms. The fraction of sp³-hybridized carbons (Fsp3) is 0.385. The number of hydrogen-bond donors (Lipinski definition) is 0. The number of hydrogen-bond acceptors (Lipinski definition) is 0. The van der Waals surface area contributed by atoms with Gasteiger partial charge in [0.2, 0.25) is 0 Å². The Balaban J connectivity index is 3.32. The number of allylic oxidation sites excluding steroid dienone is 1. The van der Waals surface area contributed by atoms with Gasteiger partial charge in [0.15, 0.2) is 0 Å². The first-order valence-corrected chi connectivity index (χ1v) is 6.00. The first kappa shape index (κ1) is 11.5. The minimum Gasteiger partial charge on any atom is -0.0883 e. The molecule has 0 nitrogen and oxygen atoms in total. The predicted molar refractivity (Wildman–Crippen MR) is 68.2 cm³/mol. The minimum absolute atomic E-state index is 0.916. The molecular formula is C13H17Br. The highest BCUT2D eigenvalue weighted by molar-refractivity contribution is 9.09. The molecule has 0 N–H and O–H groups in total. The van der Waals surface area contributed by atoms with Crippen molar-refractivity contribution in [2.75, 3.05) is 5.33 Å². The molecule has 0 atom stereocenters. The summed E-state index contributed by atoms with van der Waals surface area (Å²) in [5.74, 6) is 0. The second kappa shape index (κ2) is 4.79. The Morgan fingerprint density at radius 2 is 1.57 bits per heavy atom. The molecule has 1 aromatic rings. The van der Waals surface area contributed by atoms with Crippen molar-refractivity contribution in [2.45, 2.75) is 27.7 Å². The van der Waals surface area contributed by atoms with Crippen LogP contribution >= 0.6 is 15.9 Å². The molecule has 0 fully saturated rings. The van der Waals surface area contributed by atoms with Gasteiger partial charge in [0.1, 0.15) is 0 Å². The molecule has 0 aromatic heterocycles. The zero-order chi connectivity index (χ0) is 10.7. The van der Waals surface area contributed by atoms with Gasteiger partial charge in [-0.05, 0) is 55.5 Å². The Labute approximate surface area is 95.2 Å². The molecule has 0 unspecified atom stereocenters. The Kier molecular flexibility index (Phi) is 3.94. The van der Waals surface area contributed by atoms with E-state index in [-0.39, 0.29) is 0 Å². The molecule has 0 heterocycles. The second-order valence-electron chi connectivity index (χ2n) is 3.73. The average Bonchev–Trinajstić information content (AvgIpc) is 2.15. The van der Waals surface area contributed by atoms with Crippen LogP contribution in [0, 0.1) is 27.7 Å². The van der Waals surface area contributed by atoms with Crippen LogP contribution < -0.4 is 0 Å². The predicted octanol–water partition coefficient (Wildman–Crippen LogP) is 4.33. The molecule has 1 aromatic carbocycles. The van der Waals surface area contributed by atoms with E-state index in [9.17, 15) is 0 Å². The first-order valence-electron chi connectivity index (χ1n) is 4.87. The number of rotatable bonds is 2. The Bertz CT molecular complexity index is 336. The summed E-state index contributed by atoms with van der Waals surface area (Å²) in [5, 5.41) is 0.916. The van der Waals surface area contributed by atoms with E-state index >= 15 is 0 Å². The summed E-state index contributed by atoms with van der Waals surface area (Å²) in [7, 11) is 0. The molecular weight excluding hydrogens is 236 g/mol. The van der Waals surface area contributed by atoms with Gasteiger partial charge in [-0.25, -0.2) is 0 Å². The summed E-state index contributed by atoms with van der Waals surface area (Å²) in [5.41, 5.74) is 6.92. The Morgan fingerprint density at radius 1 is 1.07 bits per heavy atom. The second-order valence-corrected chi connectivity index (χ2v) is 4.38. The highest BCUT2D eigenvalue weighted by Crippen LogP contribution is 2.22. The van der Waals surface area contributed by atoms with E-state index < -0.39 is 0 Å². The van der Waals surface area contributed by atoms with Gasteiger partial charge in [0, 0.05) is 5.33 Å². The maximum Gasteiger partial charge on any atom is 0.0215 e. The van der Waals surface area contributed by atoms with Crippen LogP contribution in [0.2, 0.25) is 0 Å². The number of alkyl halides is 1. The third kappa shape index (κ3) is 2.27. The maximum absolute atomic E-state index is 3.41. The van der Waals surface area contributed by atoms with E-state index in [1.54, 1.807) is 0 Å². The first-order chi connectivity index (χ1) is 6.57. The lowest BCUT2D eigenvalue weighted by Gasteiger charge is -2.11. The van der Waals surface area contributed by atoms with Crippen molar-refractivity contribution in [3.63, 3.8) is 0 Å². The molecule has 0 amide bonds. The standard InChI is InChI=1S/C13H17Br/c1-9-8-10(2)12(4)13(11(9)3)6-5-7-14/h5-6,8H,7H2,1-4H3. The normalized spacial score (nSPS) is 11.2. The van der Waals surface area contributed by atoms with E-state index in [0.29, 0.717) is 0 Å². The van der Waals surface area contributed by atoms with Gasteiger partial charge in [0.05, 0.1) is 0 Å². The number of benzene rings is 1. The molecule has 1 rings (SSSR count). The van der Waals surface area contributed by atoms with Crippen molar-refractivity contribution >= 4 is 22.0 Å². The van der Waals surface area contributed by atoms with Crippen LogP contribution in [-0.4, -0.2) is 5.33 Å². The van der Waals surface area contributed by atoms with Crippen molar-refractivity contribution in [2.24, 2.45) is 0 Å². The summed E-state index contributed by atoms with van der Waals surface area (Å²) in [6.07, 6.45) is 4.35. The van der Waals surface area contributed by atoms with E-state index in [1.165, 1.54) is 27.8 Å².